The van der Waals surface area contributed by atoms with Crippen LogP contribution in [0.25, 0.3) is 16.7 Å². The first kappa shape index (κ1) is 22.0. The number of fused-ring (bicyclic) bond motifs is 1. The van der Waals surface area contributed by atoms with Crippen LogP contribution in [0.1, 0.15) is 47.9 Å². The topological polar surface area (TPSA) is 127 Å². The van der Waals surface area contributed by atoms with Crippen molar-refractivity contribution in [1.82, 2.24) is 29.9 Å². The number of nitrogen functional groups attached to an aromatic ring is 1. The first-order valence-corrected chi connectivity index (χ1v) is 10.5. The Morgan fingerprint density at radius 1 is 1.27 bits per heavy atom. The summed E-state index contributed by atoms with van der Waals surface area (Å²) in [4.78, 5) is 16.9. The molecule has 0 spiro atoms. The summed E-state index contributed by atoms with van der Waals surface area (Å²) in [5, 5.41) is 21.9. The number of carbonyl (C=O) groups excluding carboxylic acids is 1. The van der Waals surface area contributed by atoms with E-state index >= 15 is 0 Å². The van der Waals surface area contributed by atoms with Gasteiger partial charge in [0.05, 0.1) is 23.1 Å². The number of nitrogens with one attached hydrogen (secondary N) is 1. The average molecular weight is 446 g/mol. The molecule has 0 aliphatic rings. The summed E-state index contributed by atoms with van der Waals surface area (Å²) >= 11 is 0. The Morgan fingerprint density at radius 3 is 2.73 bits per heavy atom. The molecule has 0 atom stereocenters. The smallest absolute Gasteiger partial charge is 0.252 e. The van der Waals surface area contributed by atoms with E-state index in [0.29, 0.717) is 36.3 Å². The summed E-state index contributed by atoms with van der Waals surface area (Å²) in [7, 11) is 0. The quantitative estimate of drug-likeness (QED) is 0.420. The molecule has 33 heavy (non-hydrogen) atoms. The molecule has 168 valence electrons. The van der Waals surface area contributed by atoms with E-state index in [0.717, 1.165) is 11.0 Å². The molecule has 0 unspecified atom stereocenters. The van der Waals surface area contributed by atoms with Crippen molar-refractivity contribution in [2.75, 3.05) is 12.3 Å². The van der Waals surface area contributed by atoms with E-state index in [1.165, 1.54) is 23.0 Å². The molecule has 0 bridgehead atoms. The van der Waals surface area contributed by atoms with Crippen LogP contribution in [0.15, 0.2) is 42.7 Å². The van der Waals surface area contributed by atoms with Gasteiger partial charge >= 0.3 is 0 Å². The van der Waals surface area contributed by atoms with E-state index in [9.17, 15) is 14.4 Å². The van der Waals surface area contributed by atoms with Gasteiger partial charge in [-0.05, 0) is 57.0 Å². The van der Waals surface area contributed by atoms with Crippen molar-refractivity contribution in [3.05, 3.63) is 65.4 Å². The van der Waals surface area contributed by atoms with Crippen LogP contribution in [0.4, 0.5) is 10.2 Å². The number of amides is 1. The SMILES string of the molecule is CC(C)n1ncc2cc(C(=O)NCCCc3nn(-c4ccc(F)cc4)c(N)c3C#N)cnc21. The van der Waals surface area contributed by atoms with Gasteiger partial charge in [-0.25, -0.2) is 18.7 Å². The van der Waals surface area contributed by atoms with Crippen LogP contribution in [0.2, 0.25) is 0 Å². The van der Waals surface area contributed by atoms with Crippen molar-refractivity contribution in [3.63, 3.8) is 0 Å². The van der Waals surface area contributed by atoms with Gasteiger partial charge in [0.15, 0.2) is 5.65 Å². The van der Waals surface area contributed by atoms with Gasteiger partial charge in [0.2, 0.25) is 0 Å². The second kappa shape index (κ2) is 9.08. The predicted molar refractivity (Wildman–Crippen MR) is 121 cm³/mol. The monoisotopic (exact) mass is 446 g/mol. The lowest BCUT2D eigenvalue weighted by Crippen LogP contribution is -2.25. The maximum Gasteiger partial charge on any atom is 0.252 e. The Morgan fingerprint density at radius 2 is 2.03 bits per heavy atom. The summed E-state index contributed by atoms with van der Waals surface area (Å²) in [6.45, 7) is 4.42. The molecule has 0 aliphatic carbocycles. The van der Waals surface area contributed by atoms with E-state index in [-0.39, 0.29) is 29.1 Å². The molecule has 0 saturated heterocycles. The summed E-state index contributed by atoms with van der Waals surface area (Å²) < 4.78 is 16.4. The molecule has 1 aromatic carbocycles. The maximum absolute atomic E-state index is 13.2. The summed E-state index contributed by atoms with van der Waals surface area (Å²) in [6, 6.07) is 9.71. The second-order valence-corrected chi connectivity index (χ2v) is 7.89. The summed E-state index contributed by atoms with van der Waals surface area (Å²) in [6.07, 6.45) is 4.24. The molecule has 3 heterocycles. The van der Waals surface area contributed by atoms with Gasteiger partial charge in [-0.15, -0.1) is 0 Å². The van der Waals surface area contributed by atoms with Crippen molar-refractivity contribution in [2.45, 2.75) is 32.7 Å². The maximum atomic E-state index is 13.2. The Bertz CT molecular complexity index is 1350. The van der Waals surface area contributed by atoms with Crippen molar-refractivity contribution < 1.29 is 9.18 Å². The van der Waals surface area contributed by atoms with E-state index in [2.05, 4.69) is 26.6 Å². The minimum absolute atomic E-state index is 0.175. The lowest BCUT2D eigenvalue weighted by Gasteiger charge is -2.07. The number of pyridine rings is 1. The van der Waals surface area contributed by atoms with Crippen molar-refractivity contribution in [3.8, 4) is 11.8 Å². The lowest BCUT2D eigenvalue weighted by molar-refractivity contribution is 0.0953. The van der Waals surface area contributed by atoms with Gasteiger partial charge in [-0.3, -0.25) is 4.79 Å². The Labute approximate surface area is 189 Å². The highest BCUT2D eigenvalue weighted by Gasteiger charge is 2.17. The van der Waals surface area contributed by atoms with Crippen molar-refractivity contribution in [1.29, 1.82) is 5.26 Å². The zero-order chi connectivity index (χ0) is 23.5. The van der Waals surface area contributed by atoms with Crippen LogP contribution in [0, 0.1) is 17.1 Å². The summed E-state index contributed by atoms with van der Waals surface area (Å²) in [5.41, 5.74) is 8.64. The molecule has 0 radical (unpaired) electrons. The summed E-state index contributed by atoms with van der Waals surface area (Å²) in [5.74, 6) is -0.410. The molecule has 9 nitrogen and oxygen atoms in total. The van der Waals surface area contributed by atoms with Crippen LogP contribution in [-0.4, -0.2) is 37.0 Å². The molecule has 4 rings (SSSR count). The van der Waals surface area contributed by atoms with Gasteiger partial charge < -0.3 is 11.1 Å². The number of anilines is 1. The standard InChI is InChI=1S/C23H23FN8O/c1-14(2)31-22-15(13-29-31)10-16(12-28-22)23(33)27-9-3-4-20-19(11-25)21(26)32(30-20)18-7-5-17(24)6-8-18/h5-8,10,12-14H,3-4,9,26H2,1-2H3,(H,27,33). The third-order valence-corrected chi connectivity index (χ3v) is 5.24. The van der Waals surface area contributed by atoms with E-state index < -0.39 is 0 Å². The number of hydrogen-bond acceptors (Lipinski definition) is 6. The first-order chi connectivity index (χ1) is 15.9. The molecular formula is C23H23FN8O. The van der Waals surface area contributed by atoms with Crippen LogP contribution < -0.4 is 11.1 Å². The number of nitrogens with two attached hydrogens (primary N) is 1. The Kier molecular flexibility index (Phi) is 6.04. The molecule has 10 heteroatoms. The van der Waals surface area contributed by atoms with Crippen molar-refractivity contribution >= 4 is 22.8 Å². The molecule has 0 fully saturated rings. The fourth-order valence-electron chi connectivity index (χ4n) is 3.56. The van der Waals surface area contributed by atoms with Crippen LogP contribution >= 0.6 is 0 Å². The molecule has 4 aromatic rings. The highest BCUT2D eigenvalue weighted by molar-refractivity contribution is 5.96. The Balaban J connectivity index is 1.39. The Hall–Kier alpha value is -4.26. The number of carbonyl (C=O) groups is 1. The first-order valence-electron chi connectivity index (χ1n) is 10.5. The fraction of sp³-hybridized carbons (Fsp3) is 0.261. The van der Waals surface area contributed by atoms with Gasteiger partial charge in [0, 0.05) is 24.2 Å². The van der Waals surface area contributed by atoms with Gasteiger partial charge in [-0.1, -0.05) is 0 Å². The third kappa shape index (κ3) is 4.39. The lowest BCUT2D eigenvalue weighted by atomic mass is 10.1. The predicted octanol–water partition coefficient (Wildman–Crippen LogP) is 3.15. The number of aromatic nitrogens is 5. The number of benzene rings is 1. The third-order valence-electron chi connectivity index (χ3n) is 5.24. The second-order valence-electron chi connectivity index (χ2n) is 7.89. The van der Waals surface area contributed by atoms with E-state index in [1.54, 1.807) is 29.1 Å². The molecule has 1 amide bonds. The number of hydrogen-bond donors (Lipinski definition) is 2. The fourth-order valence-corrected chi connectivity index (χ4v) is 3.56. The molecule has 0 saturated carbocycles. The van der Waals surface area contributed by atoms with Crippen LogP contribution in [0.3, 0.4) is 0 Å². The highest BCUT2D eigenvalue weighted by atomic mass is 19.1. The molecule has 0 aliphatic heterocycles. The van der Waals surface area contributed by atoms with Crippen molar-refractivity contribution in [2.24, 2.45) is 0 Å². The molecular weight excluding hydrogens is 423 g/mol. The number of halogens is 1. The highest BCUT2D eigenvalue weighted by Crippen LogP contribution is 2.22. The van der Waals surface area contributed by atoms with E-state index in [1.807, 2.05) is 13.8 Å². The van der Waals surface area contributed by atoms with Gasteiger partial charge in [0.1, 0.15) is 23.3 Å². The minimum Gasteiger partial charge on any atom is -0.382 e. The van der Waals surface area contributed by atoms with Crippen LogP contribution in [-0.2, 0) is 6.42 Å². The largest absolute Gasteiger partial charge is 0.382 e. The number of rotatable bonds is 7. The average Bonchev–Trinajstić information content (AvgIpc) is 3.37. The molecule has 3 aromatic heterocycles. The zero-order valence-corrected chi connectivity index (χ0v) is 18.3. The normalized spacial score (nSPS) is 11.1. The van der Waals surface area contributed by atoms with Crippen LogP contribution in [0.5, 0.6) is 0 Å². The number of nitriles is 1. The van der Waals surface area contributed by atoms with Gasteiger partial charge in [-0.2, -0.15) is 15.5 Å². The van der Waals surface area contributed by atoms with Gasteiger partial charge in [0.25, 0.3) is 5.91 Å². The molecule has 3 N–H and O–H groups in total. The van der Waals surface area contributed by atoms with E-state index in [4.69, 9.17) is 5.73 Å². The zero-order valence-electron chi connectivity index (χ0n) is 18.3. The number of nitrogens with zero attached hydrogens (tertiary/aromatic N) is 6. The number of aryl methyl sites for hydroxylation is 1. The minimum atomic E-state index is -0.371.